The molecule has 1 aliphatic rings. The van der Waals surface area contributed by atoms with Gasteiger partial charge in [0.2, 0.25) is 0 Å². The maximum Gasteiger partial charge on any atom is 0.0528 e. The molecule has 0 aromatic carbocycles. The Morgan fingerprint density at radius 3 is 3.07 bits per heavy atom. The van der Waals surface area contributed by atoms with Crippen LogP contribution in [0.4, 0.5) is 0 Å². The molecule has 1 fully saturated rings. The summed E-state index contributed by atoms with van der Waals surface area (Å²) in [5.41, 5.74) is 0.926. The van der Waals surface area contributed by atoms with E-state index in [1.165, 1.54) is 0 Å². The second kappa shape index (κ2) is 3.50. The van der Waals surface area contributed by atoms with Gasteiger partial charge in [0.25, 0.3) is 0 Å². The lowest BCUT2D eigenvalue weighted by atomic mass is 10.0. The van der Waals surface area contributed by atoms with Crippen LogP contribution in [0.25, 0.3) is 0 Å². The molecule has 1 aromatic rings. The summed E-state index contributed by atoms with van der Waals surface area (Å²) in [6, 6.07) is 5.87. The topological polar surface area (TPSA) is 45.5 Å². The quantitative estimate of drug-likeness (QED) is 0.724. The number of rotatable bonds is 3. The van der Waals surface area contributed by atoms with Crippen molar-refractivity contribution < 1.29 is 5.11 Å². The SMILES string of the molecule is CN=C[C@]1(c2ccccn2)C[C@@H]1CO. The molecule has 1 saturated carbocycles. The van der Waals surface area contributed by atoms with Crippen LogP contribution in [0, 0.1) is 5.92 Å². The minimum Gasteiger partial charge on any atom is -0.396 e. The summed E-state index contributed by atoms with van der Waals surface area (Å²) in [5.74, 6) is 0.293. The Morgan fingerprint density at radius 1 is 1.71 bits per heavy atom. The lowest BCUT2D eigenvalue weighted by Gasteiger charge is -2.09. The van der Waals surface area contributed by atoms with Gasteiger partial charge in [0.15, 0.2) is 0 Å². The third-order valence-corrected chi connectivity index (χ3v) is 2.87. The molecule has 1 aromatic heterocycles. The van der Waals surface area contributed by atoms with Gasteiger partial charge in [-0.3, -0.25) is 9.98 Å². The minimum atomic E-state index is -0.0925. The Balaban J connectivity index is 2.31. The van der Waals surface area contributed by atoms with Gasteiger partial charge in [0.1, 0.15) is 0 Å². The standard InChI is InChI=1S/C11H14N2O/c1-12-8-11(6-9(11)7-14)10-4-2-3-5-13-10/h2-5,8-9,14H,6-7H2,1H3/t9-,11-/m1/s1. The molecule has 1 aliphatic carbocycles. The Kier molecular flexibility index (Phi) is 2.33. The van der Waals surface area contributed by atoms with Crippen LogP contribution in [0.15, 0.2) is 29.4 Å². The first kappa shape index (κ1) is 9.34. The third-order valence-electron chi connectivity index (χ3n) is 2.87. The van der Waals surface area contributed by atoms with Gasteiger partial charge in [-0.15, -0.1) is 0 Å². The summed E-state index contributed by atoms with van der Waals surface area (Å²) in [5, 5.41) is 9.14. The van der Waals surface area contributed by atoms with E-state index < -0.39 is 0 Å². The zero-order valence-corrected chi connectivity index (χ0v) is 8.22. The van der Waals surface area contributed by atoms with Crippen LogP contribution in [0.1, 0.15) is 12.1 Å². The highest BCUT2D eigenvalue weighted by atomic mass is 16.3. The predicted molar refractivity (Wildman–Crippen MR) is 55.5 cm³/mol. The first-order valence-electron chi connectivity index (χ1n) is 4.79. The fraction of sp³-hybridized carbons (Fsp3) is 0.455. The fourth-order valence-corrected chi connectivity index (χ4v) is 1.98. The van der Waals surface area contributed by atoms with Gasteiger partial charge >= 0.3 is 0 Å². The highest BCUT2D eigenvalue weighted by Gasteiger charge is 2.54. The highest BCUT2D eigenvalue weighted by Crippen LogP contribution is 2.51. The molecule has 0 saturated heterocycles. The van der Waals surface area contributed by atoms with Crippen molar-refractivity contribution in [2.45, 2.75) is 11.8 Å². The van der Waals surface area contributed by atoms with Crippen molar-refractivity contribution in [1.82, 2.24) is 4.98 Å². The molecular formula is C11H14N2O. The van der Waals surface area contributed by atoms with E-state index >= 15 is 0 Å². The van der Waals surface area contributed by atoms with Crippen LogP contribution >= 0.6 is 0 Å². The van der Waals surface area contributed by atoms with Gasteiger partial charge in [-0.2, -0.15) is 0 Å². The lowest BCUT2D eigenvalue weighted by molar-refractivity contribution is 0.270. The van der Waals surface area contributed by atoms with Gasteiger partial charge in [-0.1, -0.05) is 6.07 Å². The van der Waals surface area contributed by atoms with Crippen molar-refractivity contribution in [2.75, 3.05) is 13.7 Å². The summed E-state index contributed by atoms with van der Waals surface area (Å²) in [7, 11) is 1.76. The molecule has 14 heavy (non-hydrogen) atoms. The average molecular weight is 190 g/mol. The van der Waals surface area contributed by atoms with E-state index in [4.69, 9.17) is 5.11 Å². The maximum absolute atomic E-state index is 9.14. The molecule has 0 bridgehead atoms. The van der Waals surface area contributed by atoms with Crippen molar-refractivity contribution in [3.8, 4) is 0 Å². The third kappa shape index (κ3) is 1.34. The minimum absolute atomic E-state index is 0.0925. The molecule has 0 radical (unpaired) electrons. The van der Waals surface area contributed by atoms with Crippen LogP contribution < -0.4 is 0 Å². The number of aromatic nitrogens is 1. The molecule has 0 amide bonds. The average Bonchev–Trinajstić information content (AvgIpc) is 2.95. The highest BCUT2D eigenvalue weighted by molar-refractivity contribution is 5.77. The van der Waals surface area contributed by atoms with Crippen LogP contribution in [0.2, 0.25) is 0 Å². The molecule has 1 heterocycles. The van der Waals surface area contributed by atoms with E-state index in [1.807, 2.05) is 24.4 Å². The molecule has 0 unspecified atom stereocenters. The van der Waals surface area contributed by atoms with Crippen LogP contribution in [0.5, 0.6) is 0 Å². The molecule has 2 rings (SSSR count). The monoisotopic (exact) mass is 190 g/mol. The van der Waals surface area contributed by atoms with E-state index in [-0.39, 0.29) is 12.0 Å². The Hall–Kier alpha value is -1.22. The predicted octanol–water partition coefficient (Wildman–Crippen LogP) is 1.03. The van der Waals surface area contributed by atoms with Crippen molar-refractivity contribution >= 4 is 6.21 Å². The number of aliphatic hydroxyl groups excluding tert-OH is 1. The normalized spacial score (nSPS) is 30.9. The smallest absolute Gasteiger partial charge is 0.0528 e. The summed E-state index contributed by atoms with van der Waals surface area (Å²) >= 11 is 0. The molecule has 2 atom stereocenters. The number of pyridine rings is 1. The number of nitrogens with zero attached hydrogens (tertiary/aromatic N) is 2. The number of hydrogen-bond acceptors (Lipinski definition) is 3. The van der Waals surface area contributed by atoms with Crippen LogP contribution in [-0.2, 0) is 5.41 Å². The first-order chi connectivity index (χ1) is 6.83. The van der Waals surface area contributed by atoms with Crippen molar-refractivity contribution in [3.05, 3.63) is 30.1 Å². The molecular weight excluding hydrogens is 176 g/mol. The van der Waals surface area contributed by atoms with E-state index in [0.29, 0.717) is 5.92 Å². The Morgan fingerprint density at radius 2 is 2.57 bits per heavy atom. The maximum atomic E-state index is 9.14. The van der Waals surface area contributed by atoms with Crippen LogP contribution in [-0.4, -0.2) is 30.0 Å². The second-order valence-corrected chi connectivity index (χ2v) is 3.73. The summed E-state index contributed by atoms with van der Waals surface area (Å²) < 4.78 is 0. The zero-order valence-electron chi connectivity index (χ0n) is 8.22. The molecule has 0 spiro atoms. The summed E-state index contributed by atoms with van der Waals surface area (Å²) in [6.07, 6.45) is 4.65. The molecule has 1 N–H and O–H groups in total. The Bertz CT molecular complexity index is 336. The fourth-order valence-electron chi connectivity index (χ4n) is 1.98. The summed E-state index contributed by atoms with van der Waals surface area (Å²) in [6.45, 7) is 0.211. The van der Waals surface area contributed by atoms with Crippen molar-refractivity contribution in [1.29, 1.82) is 0 Å². The van der Waals surface area contributed by atoms with Crippen LogP contribution in [0.3, 0.4) is 0 Å². The van der Waals surface area contributed by atoms with Gasteiger partial charge in [0.05, 0.1) is 11.1 Å². The molecule has 3 nitrogen and oxygen atoms in total. The largest absolute Gasteiger partial charge is 0.396 e. The molecule has 74 valence electrons. The van der Waals surface area contributed by atoms with Crippen molar-refractivity contribution in [3.63, 3.8) is 0 Å². The molecule has 0 aliphatic heterocycles. The number of aliphatic imine (C=N–C) groups is 1. The number of aliphatic hydroxyl groups is 1. The summed E-state index contributed by atoms with van der Waals surface area (Å²) in [4.78, 5) is 8.40. The Labute approximate surface area is 83.5 Å². The molecule has 3 heteroatoms. The number of hydrogen-bond donors (Lipinski definition) is 1. The zero-order chi connectivity index (χ0) is 10.0. The van der Waals surface area contributed by atoms with Gasteiger partial charge in [-0.05, 0) is 24.5 Å². The van der Waals surface area contributed by atoms with E-state index in [0.717, 1.165) is 12.1 Å². The van der Waals surface area contributed by atoms with E-state index in [1.54, 1.807) is 13.2 Å². The second-order valence-electron chi connectivity index (χ2n) is 3.73. The van der Waals surface area contributed by atoms with Crippen molar-refractivity contribution in [2.24, 2.45) is 10.9 Å². The van der Waals surface area contributed by atoms with Gasteiger partial charge in [-0.25, -0.2) is 0 Å². The van der Waals surface area contributed by atoms with Gasteiger partial charge in [0, 0.05) is 26.1 Å². The van der Waals surface area contributed by atoms with Gasteiger partial charge < -0.3 is 5.11 Å². The lowest BCUT2D eigenvalue weighted by Crippen LogP contribution is -2.15. The van der Waals surface area contributed by atoms with E-state index in [2.05, 4.69) is 9.98 Å². The first-order valence-corrected chi connectivity index (χ1v) is 4.79. The van der Waals surface area contributed by atoms with E-state index in [9.17, 15) is 0 Å².